The molecule has 98 valence electrons. The molecular formula is C11H11F3N2O2. The molecule has 0 aromatic heterocycles. The van der Waals surface area contributed by atoms with Crippen LogP contribution in [0.25, 0.3) is 0 Å². The summed E-state index contributed by atoms with van der Waals surface area (Å²) in [6.07, 6.45) is 1.09. The van der Waals surface area contributed by atoms with Crippen LogP contribution in [0.3, 0.4) is 0 Å². The summed E-state index contributed by atoms with van der Waals surface area (Å²) < 4.78 is 39.2. The van der Waals surface area contributed by atoms with Gasteiger partial charge in [0.2, 0.25) is 5.82 Å². The maximum Gasteiger partial charge on any atom is 0.254 e. The van der Waals surface area contributed by atoms with Gasteiger partial charge in [-0.1, -0.05) is 0 Å². The van der Waals surface area contributed by atoms with Crippen molar-refractivity contribution in [2.45, 2.75) is 24.9 Å². The molecule has 1 amide bonds. The summed E-state index contributed by atoms with van der Waals surface area (Å²) in [7, 11) is 0. The summed E-state index contributed by atoms with van der Waals surface area (Å²) in [5.41, 5.74) is 4.78. The number of phenolic OH excluding ortho intramolecular Hbond substituents is 1. The van der Waals surface area contributed by atoms with E-state index in [1.54, 1.807) is 0 Å². The molecule has 4 nitrogen and oxygen atoms in total. The molecule has 1 aromatic carbocycles. The predicted molar refractivity (Wildman–Crippen MR) is 56.4 cm³/mol. The molecule has 0 heterocycles. The molecule has 4 N–H and O–H groups in total. The van der Waals surface area contributed by atoms with Gasteiger partial charge in [-0.25, -0.2) is 8.78 Å². The Hall–Kier alpha value is -1.76. The highest BCUT2D eigenvalue weighted by atomic mass is 19.2. The molecular weight excluding hydrogens is 249 g/mol. The lowest BCUT2D eigenvalue weighted by Crippen LogP contribution is -2.50. The van der Waals surface area contributed by atoms with Crippen LogP contribution < -0.4 is 11.1 Å². The number of carbonyl (C=O) groups is 1. The van der Waals surface area contributed by atoms with Gasteiger partial charge in [-0.15, -0.1) is 0 Å². The van der Waals surface area contributed by atoms with Crippen molar-refractivity contribution in [3.63, 3.8) is 0 Å². The number of benzene rings is 1. The van der Waals surface area contributed by atoms with E-state index in [0.717, 1.165) is 0 Å². The lowest BCUT2D eigenvalue weighted by atomic mass is 9.87. The maximum absolute atomic E-state index is 13.4. The van der Waals surface area contributed by atoms with Crippen LogP contribution in [0.5, 0.6) is 5.75 Å². The summed E-state index contributed by atoms with van der Waals surface area (Å²) in [6.45, 7) is 0. The van der Waals surface area contributed by atoms with Crippen molar-refractivity contribution in [1.29, 1.82) is 0 Å². The van der Waals surface area contributed by atoms with E-state index in [2.05, 4.69) is 5.32 Å². The van der Waals surface area contributed by atoms with Gasteiger partial charge in [-0.05, 0) is 18.9 Å². The summed E-state index contributed by atoms with van der Waals surface area (Å²) in [4.78, 5) is 11.6. The van der Waals surface area contributed by atoms with Crippen molar-refractivity contribution in [1.82, 2.24) is 5.32 Å². The number of hydrogen-bond acceptors (Lipinski definition) is 3. The molecule has 1 saturated carbocycles. The SMILES string of the molecule is NC1CC(NC(=O)c2cc(F)c(F)c(O)c2F)C1. The van der Waals surface area contributed by atoms with Crippen LogP contribution in [-0.4, -0.2) is 23.1 Å². The molecule has 0 spiro atoms. The first-order valence-electron chi connectivity index (χ1n) is 5.33. The third kappa shape index (κ3) is 2.13. The highest BCUT2D eigenvalue weighted by Gasteiger charge is 2.29. The van der Waals surface area contributed by atoms with Crippen LogP contribution in [-0.2, 0) is 0 Å². The van der Waals surface area contributed by atoms with Crippen molar-refractivity contribution in [2.24, 2.45) is 5.73 Å². The minimum Gasteiger partial charge on any atom is -0.503 e. The summed E-state index contributed by atoms with van der Waals surface area (Å²) >= 11 is 0. The molecule has 0 aliphatic heterocycles. The molecule has 0 atom stereocenters. The number of hydrogen-bond donors (Lipinski definition) is 3. The Morgan fingerprint density at radius 3 is 2.50 bits per heavy atom. The number of nitrogens with one attached hydrogen (secondary N) is 1. The van der Waals surface area contributed by atoms with E-state index in [0.29, 0.717) is 18.9 Å². The monoisotopic (exact) mass is 260 g/mol. The Kier molecular flexibility index (Phi) is 3.16. The summed E-state index contributed by atoms with van der Waals surface area (Å²) in [5.74, 6) is -7.07. The third-order valence-electron chi connectivity index (χ3n) is 2.89. The van der Waals surface area contributed by atoms with Crippen molar-refractivity contribution in [3.8, 4) is 5.75 Å². The number of aromatic hydroxyl groups is 1. The average molecular weight is 260 g/mol. The Bertz CT molecular complexity index is 502. The normalized spacial score (nSPS) is 22.4. The number of halogens is 3. The zero-order valence-electron chi connectivity index (χ0n) is 9.21. The van der Waals surface area contributed by atoms with E-state index in [9.17, 15) is 18.0 Å². The van der Waals surface area contributed by atoms with E-state index in [4.69, 9.17) is 10.8 Å². The second-order valence-electron chi connectivity index (χ2n) is 4.28. The molecule has 1 aliphatic carbocycles. The minimum absolute atomic E-state index is 0.0153. The number of rotatable bonds is 2. The van der Waals surface area contributed by atoms with E-state index in [-0.39, 0.29) is 12.1 Å². The van der Waals surface area contributed by atoms with Crippen molar-refractivity contribution in [2.75, 3.05) is 0 Å². The van der Waals surface area contributed by atoms with E-state index in [1.165, 1.54) is 0 Å². The van der Waals surface area contributed by atoms with Crippen LogP contribution in [0.4, 0.5) is 13.2 Å². The van der Waals surface area contributed by atoms with Gasteiger partial charge in [-0.3, -0.25) is 4.79 Å². The molecule has 0 radical (unpaired) electrons. The second-order valence-corrected chi connectivity index (χ2v) is 4.28. The fourth-order valence-electron chi connectivity index (χ4n) is 1.80. The minimum atomic E-state index is -1.71. The lowest BCUT2D eigenvalue weighted by Gasteiger charge is -2.32. The van der Waals surface area contributed by atoms with Gasteiger partial charge in [-0.2, -0.15) is 4.39 Å². The van der Waals surface area contributed by atoms with Crippen molar-refractivity contribution >= 4 is 5.91 Å². The lowest BCUT2D eigenvalue weighted by molar-refractivity contribution is 0.0904. The number of amides is 1. The first-order valence-corrected chi connectivity index (χ1v) is 5.33. The molecule has 2 rings (SSSR count). The molecule has 1 fully saturated rings. The highest BCUT2D eigenvalue weighted by Crippen LogP contribution is 2.26. The van der Waals surface area contributed by atoms with Gasteiger partial charge < -0.3 is 16.2 Å². The number of phenols is 1. The Morgan fingerprint density at radius 1 is 1.33 bits per heavy atom. The van der Waals surface area contributed by atoms with Gasteiger partial charge in [0.15, 0.2) is 17.4 Å². The maximum atomic E-state index is 13.4. The van der Waals surface area contributed by atoms with Crippen molar-refractivity contribution < 1.29 is 23.1 Å². The summed E-state index contributed by atoms with van der Waals surface area (Å²) in [6, 6.07) is 0.193. The molecule has 7 heteroatoms. The van der Waals surface area contributed by atoms with Gasteiger partial charge in [0.05, 0.1) is 5.56 Å². The molecule has 1 aromatic rings. The van der Waals surface area contributed by atoms with Crippen LogP contribution in [0.2, 0.25) is 0 Å². The topological polar surface area (TPSA) is 75.3 Å². The molecule has 0 bridgehead atoms. The van der Waals surface area contributed by atoms with E-state index >= 15 is 0 Å². The van der Waals surface area contributed by atoms with Crippen LogP contribution in [0.15, 0.2) is 6.07 Å². The van der Waals surface area contributed by atoms with Gasteiger partial charge in [0.1, 0.15) is 0 Å². The van der Waals surface area contributed by atoms with Crippen molar-refractivity contribution in [3.05, 3.63) is 29.1 Å². The zero-order valence-corrected chi connectivity index (χ0v) is 9.21. The van der Waals surface area contributed by atoms with Crippen LogP contribution in [0.1, 0.15) is 23.2 Å². The largest absolute Gasteiger partial charge is 0.503 e. The van der Waals surface area contributed by atoms with E-state index < -0.39 is 34.7 Å². The van der Waals surface area contributed by atoms with Gasteiger partial charge in [0, 0.05) is 12.1 Å². The van der Waals surface area contributed by atoms with E-state index in [1.807, 2.05) is 0 Å². The van der Waals surface area contributed by atoms with Crippen LogP contribution >= 0.6 is 0 Å². The fourth-order valence-corrected chi connectivity index (χ4v) is 1.80. The second kappa shape index (κ2) is 4.49. The molecule has 18 heavy (non-hydrogen) atoms. The first kappa shape index (κ1) is 12.7. The Labute approximate surface area is 101 Å². The third-order valence-corrected chi connectivity index (χ3v) is 2.89. The quantitative estimate of drug-likeness (QED) is 0.695. The van der Waals surface area contributed by atoms with Gasteiger partial charge in [0.25, 0.3) is 5.91 Å². The average Bonchev–Trinajstić information content (AvgIpc) is 2.29. The first-order chi connectivity index (χ1) is 8.40. The number of nitrogens with two attached hydrogens (primary N) is 1. The standard InChI is InChI=1S/C11H11F3N2O2/c12-7-3-6(8(13)10(17)9(7)14)11(18)16-5-1-4(15)2-5/h3-5,17H,1-2,15H2,(H,16,18). The summed E-state index contributed by atoms with van der Waals surface area (Å²) in [5, 5.41) is 11.4. The number of carbonyl (C=O) groups excluding carboxylic acids is 1. The highest BCUT2D eigenvalue weighted by molar-refractivity contribution is 5.95. The Morgan fingerprint density at radius 2 is 1.94 bits per heavy atom. The van der Waals surface area contributed by atoms with Crippen LogP contribution in [0, 0.1) is 17.5 Å². The Balaban J connectivity index is 2.20. The molecule has 0 saturated heterocycles. The predicted octanol–water partition coefficient (Wildman–Crippen LogP) is 1.03. The molecule has 0 unspecified atom stereocenters. The fraction of sp³-hybridized carbons (Fsp3) is 0.364. The molecule has 1 aliphatic rings. The zero-order chi connectivity index (χ0) is 13.4. The van der Waals surface area contributed by atoms with Gasteiger partial charge >= 0.3 is 0 Å². The smallest absolute Gasteiger partial charge is 0.254 e.